The van der Waals surface area contributed by atoms with Gasteiger partial charge in [0.2, 0.25) is 0 Å². The molecule has 4 heteroatoms. The fourth-order valence-corrected chi connectivity index (χ4v) is 3.68. The van der Waals surface area contributed by atoms with Crippen molar-refractivity contribution in [2.75, 3.05) is 45.9 Å². The van der Waals surface area contributed by atoms with Crippen LogP contribution in [0, 0.1) is 0 Å². The molecule has 3 N–H and O–H groups in total. The van der Waals surface area contributed by atoms with Crippen molar-refractivity contribution in [2.24, 2.45) is 0 Å². The van der Waals surface area contributed by atoms with Crippen molar-refractivity contribution in [1.82, 2.24) is 0 Å². The minimum Gasteiger partial charge on any atom is -0.370 e. The van der Waals surface area contributed by atoms with Gasteiger partial charge in [-0.1, -0.05) is 54.1 Å². The number of benzene rings is 2. The lowest BCUT2D eigenvalue weighted by atomic mass is 9.88. The van der Waals surface area contributed by atoms with E-state index in [1.807, 2.05) is 12.1 Å². The lowest BCUT2D eigenvalue weighted by molar-refractivity contribution is -0.919. The molecule has 134 valence electrons. The summed E-state index contributed by atoms with van der Waals surface area (Å²) in [5.74, 6) is 0.436. The normalized spacial score (nSPS) is 16.7. The van der Waals surface area contributed by atoms with Gasteiger partial charge in [0.05, 0.1) is 19.8 Å². The Bertz CT molecular complexity index is 612. The molecule has 1 aliphatic rings. The van der Waals surface area contributed by atoms with Crippen LogP contribution < -0.4 is 10.2 Å². The third-order valence-electron chi connectivity index (χ3n) is 5.04. The van der Waals surface area contributed by atoms with Crippen molar-refractivity contribution in [3.8, 4) is 0 Å². The zero-order valence-electron chi connectivity index (χ0n) is 14.8. The molecule has 0 unspecified atom stereocenters. The van der Waals surface area contributed by atoms with Crippen LogP contribution in [0.5, 0.6) is 0 Å². The largest absolute Gasteiger partial charge is 0.370 e. The lowest BCUT2D eigenvalue weighted by Crippen LogP contribution is -3.16. The minimum atomic E-state index is 0.436. The lowest BCUT2D eigenvalue weighted by Gasteiger charge is -2.23. The van der Waals surface area contributed by atoms with Crippen molar-refractivity contribution in [1.29, 1.82) is 0 Å². The highest BCUT2D eigenvalue weighted by molar-refractivity contribution is 6.30. The molecule has 1 heterocycles. The molecule has 0 aromatic heterocycles. The maximum atomic E-state index is 6.06. The van der Waals surface area contributed by atoms with Crippen LogP contribution in [-0.4, -0.2) is 45.9 Å². The number of morpholine rings is 1. The van der Waals surface area contributed by atoms with Gasteiger partial charge in [-0.05, 0) is 23.3 Å². The Hall–Kier alpha value is -1.39. The van der Waals surface area contributed by atoms with Crippen molar-refractivity contribution < 1.29 is 15.0 Å². The molecule has 0 saturated carbocycles. The number of halogens is 1. The number of quaternary nitrogens is 2. The Balaban J connectivity index is 1.52. The highest BCUT2D eigenvalue weighted by Gasteiger charge is 2.16. The van der Waals surface area contributed by atoms with Gasteiger partial charge in [-0.25, -0.2) is 0 Å². The predicted molar refractivity (Wildman–Crippen MR) is 102 cm³/mol. The third-order valence-corrected chi connectivity index (χ3v) is 5.29. The second-order valence-corrected chi connectivity index (χ2v) is 7.22. The average Bonchev–Trinajstić information content (AvgIpc) is 2.67. The molecule has 2 aromatic rings. The van der Waals surface area contributed by atoms with Gasteiger partial charge in [0.1, 0.15) is 26.2 Å². The molecule has 1 atom stereocenters. The molecular weight excluding hydrogens is 332 g/mol. The smallest absolute Gasteiger partial charge is 0.127 e. The van der Waals surface area contributed by atoms with Gasteiger partial charge in [0.15, 0.2) is 0 Å². The van der Waals surface area contributed by atoms with E-state index in [1.165, 1.54) is 24.2 Å². The molecule has 3 rings (SSSR count). The Kier molecular flexibility index (Phi) is 7.31. The first kappa shape index (κ1) is 18.4. The van der Waals surface area contributed by atoms with Crippen LogP contribution in [-0.2, 0) is 4.74 Å². The van der Waals surface area contributed by atoms with E-state index in [0.717, 1.165) is 44.3 Å². The number of ether oxygens (including phenoxy) is 1. The van der Waals surface area contributed by atoms with Crippen LogP contribution in [0.3, 0.4) is 0 Å². The summed E-state index contributed by atoms with van der Waals surface area (Å²) in [4.78, 5) is 1.68. The van der Waals surface area contributed by atoms with E-state index in [2.05, 4.69) is 47.8 Å². The van der Waals surface area contributed by atoms with Gasteiger partial charge >= 0.3 is 0 Å². The molecule has 0 bridgehead atoms. The van der Waals surface area contributed by atoms with E-state index in [9.17, 15) is 0 Å². The first-order valence-corrected chi connectivity index (χ1v) is 9.74. The number of hydrogen-bond donors (Lipinski definition) is 2. The topological polar surface area (TPSA) is 30.3 Å². The Labute approximate surface area is 155 Å². The van der Waals surface area contributed by atoms with E-state index in [4.69, 9.17) is 16.3 Å². The third kappa shape index (κ3) is 5.82. The first-order chi connectivity index (χ1) is 12.3. The van der Waals surface area contributed by atoms with Gasteiger partial charge in [-0.2, -0.15) is 0 Å². The quantitative estimate of drug-likeness (QED) is 0.684. The Morgan fingerprint density at radius 1 is 0.920 bits per heavy atom. The van der Waals surface area contributed by atoms with Gasteiger partial charge in [0, 0.05) is 17.4 Å². The van der Waals surface area contributed by atoms with Crippen molar-refractivity contribution in [3.05, 3.63) is 70.7 Å². The number of rotatable bonds is 8. The zero-order chi connectivity index (χ0) is 17.3. The van der Waals surface area contributed by atoms with Crippen LogP contribution in [0.1, 0.15) is 23.5 Å². The molecule has 0 amide bonds. The highest BCUT2D eigenvalue weighted by Crippen LogP contribution is 2.28. The van der Waals surface area contributed by atoms with Gasteiger partial charge in [0.25, 0.3) is 0 Å². The predicted octanol–water partition coefficient (Wildman–Crippen LogP) is 1.34. The van der Waals surface area contributed by atoms with E-state index < -0.39 is 0 Å². The zero-order valence-corrected chi connectivity index (χ0v) is 15.5. The summed E-state index contributed by atoms with van der Waals surface area (Å²) in [7, 11) is 0. The molecule has 0 radical (unpaired) electrons. The summed E-state index contributed by atoms with van der Waals surface area (Å²) in [6.45, 7) is 7.73. The van der Waals surface area contributed by atoms with Gasteiger partial charge < -0.3 is 15.0 Å². The molecule has 25 heavy (non-hydrogen) atoms. The summed E-state index contributed by atoms with van der Waals surface area (Å²) in [5, 5.41) is 3.27. The van der Waals surface area contributed by atoms with Crippen molar-refractivity contribution in [2.45, 2.75) is 12.3 Å². The monoisotopic (exact) mass is 360 g/mol. The molecule has 1 fully saturated rings. The average molecular weight is 361 g/mol. The molecule has 2 aromatic carbocycles. The fourth-order valence-electron chi connectivity index (χ4n) is 3.55. The first-order valence-electron chi connectivity index (χ1n) is 9.36. The second-order valence-electron chi connectivity index (χ2n) is 6.78. The van der Waals surface area contributed by atoms with Crippen LogP contribution in [0.25, 0.3) is 0 Å². The molecular formula is C21H29ClN2O+2. The molecule has 0 aliphatic carbocycles. The molecule has 0 spiro atoms. The van der Waals surface area contributed by atoms with E-state index >= 15 is 0 Å². The number of nitrogens with two attached hydrogens (primary N) is 1. The van der Waals surface area contributed by atoms with Gasteiger partial charge in [-0.15, -0.1) is 0 Å². The number of nitrogens with one attached hydrogen (secondary N) is 1. The fraction of sp³-hybridized carbons (Fsp3) is 0.429. The molecule has 1 saturated heterocycles. The van der Waals surface area contributed by atoms with Crippen LogP contribution in [0.4, 0.5) is 0 Å². The minimum absolute atomic E-state index is 0.436. The van der Waals surface area contributed by atoms with Gasteiger partial charge in [-0.3, -0.25) is 0 Å². The molecule has 1 aliphatic heterocycles. The van der Waals surface area contributed by atoms with E-state index in [-0.39, 0.29) is 0 Å². The maximum Gasteiger partial charge on any atom is 0.127 e. The van der Waals surface area contributed by atoms with Crippen molar-refractivity contribution in [3.63, 3.8) is 0 Å². The number of hydrogen-bond acceptors (Lipinski definition) is 1. The standard InChI is InChI=1S/C21H27ClN2O/c22-20-8-6-19(7-9-20)21(18-4-2-1-3-5-18)10-11-23-12-13-24-14-16-25-17-15-24/h1-9,21,23H,10-17H2/p+2/t21-/m1/s1. The second kappa shape index (κ2) is 9.93. The SMILES string of the molecule is Clc1ccc([C@H](CC[NH2+]CC[NH+]2CCOCC2)c2ccccc2)cc1. The maximum absolute atomic E-state index is 6.06. The van der Waals surface area contributed by atoms with Crippen molar-refractivity contribution >= 4 is 11.6 Å². The molecule has 3 nitrogen and oxygen atoms in total. The van der Waals surface area contributed by atoms with E-state index in [1.54, 1.807) is 4.90 Å². The van der Waals surface area contributed by atoms with Crippen LogP contribution in [0.15, 0.2) is 54.6 Å². The van der Waals surface area contributed by atoms with Crippen LogP contribution in [0.2, 0.25) is 5.02 Å². The Morgan fingerprint density at radius 2 is 1.60 bits per heavy atom. The van der Waals surface area contributed by atoms with E-state index in [0.29, 0.717) is 5.92 Å². The van der Waals surface area contributed by atoms with Crippen LogP contribution >= 0.6 is 11.6 Å². The summed E-state index contributed by atoms with van der Waals surface area (Å²) < 4.78 is 5.42. The summed E-state index contributed by atoms with van der Waals surface area (Å²) in [6.07, 6.45) is 1.14. The summed E-state index contributed by atoms with van der Waals surface area (Å²) in [6, 6.07) is 19.1. The summed E-state index contributed by atoms with van der Waals surface area (Å²) in [5.41, 5.74) is 2.74. The summed E-state index contributed by atoms with van der Waals surface area (Å²) >= 11 is 6.06. The Morgan fingerprint density at radius 3 is 2.32 bits per heavy atom. The highest BCUT2D eigenvalue weighted by atomic mass is 35.5.